The first kappa shape index (κ1) is 12.3. The van der Waals surface area contributed by atoms with Crippen LogP contribution in [0.4, 0.5) is 0 Å². The lowest BCUT2D eigenvalue weighted by Gasteiger charge is -2.50. The number of hydrogen-bond acceptors (Lipinski definition) is 3. The first-order chi connectivity index (χ1) is 7.31. The van der Waals surface area contributed by atoms with E-state index in [9.17, 15) is 5.11 Å². The van der Waals surface area contributed by atoms with Gasteiger partial charge in [0.15, 0.2) is 0 Å². The maximum Gasteiger partial charge on any atom is 0.0707 e. The summed E-state index contributed by atoms with van der Waals surface area (Å²) in [5.41, 5.74) is 0.0785. The highest BCUT2D eigenvalue weighted by Gasteiger charge is 2.47. The van der Waals surface area contributed by atoms with Crippen LogP contribution in [0.5, 0.6) is 0 Å². The normalized spacial score (nSPS) is 40.7. The highest BCUT2D eigenvalue weighted by atomic mass is 16.5. The zero-order chi connectivity index (χ0) is 12.0. The molecule has 0 aromatic carbocycles. The molecule has 0 spiro atoms. The molecule has 2 aliphatic rings. The molecule has 0 aromatic rings. The van der Waals surface area contributed by atoms with Crippen molar-refractivity contribution in [2.24, 2.45) is 5.41 Å². The minimum absolute atomic E-state index is 0.0219. The van der Waals surface area contributed by atoms with Crippen LogP contribution in [0.25, 0.3) is 0 Å². The Morgan fingerprint density at radius 2 is 2.00 bits per heavy atom. The summed E-state index contributed by atoms with van der Waals surface area (Å²) < 4.78 is 5.94. The summed E-state index contributed by atoms with van der Waals surface area (Å²) in [6.07, 6.45) is 3.38. The van der Waals surface area contributed by atoms with Crippen LogP contribution >= 0.6 is 0 Å². The fourth-order valence-electron chi connectivity index (χ4n) is 2.74. The maximum absolute atomic E-state index is 9.65. The molecule has 0 bridgehead atoms. The van der Waals surface area contributed by atoms with Gasteiger partial charge in [-0.25, -0.2) is 0 Å². The van der Waals surface area contributed by atoms with Gasteiger partial charge in [-0.1, -0.05) is 13.8 Å². The smallest absolute Gasteiger partial charge is 0.0707 e. The van der Waals surface area contributed by atoms with E-state index in [1.165, 1.54) is 0 Å². The van der Waals surface area contributed by atoms with Crippen molar-refractivity contribution in [2.45, 2.75) is 70.8 Å². The number of hydrogen-bond donors (Lipinski definition) is 2. The lowest BCUT2D eigenvalue weighted by molar-refractivity contribution is -0.0793. The summed E-state index contributed by atoms with van der Waals surface area (Å²) in [6.45, 7) is 9.48. The van der Waals surface area contributed by atoms with Gasteiger partial charge in [0.2, 0.25) is 0 Å². The average Bonchev–Trinajstić information content (AvgIpc) is 2.52. The molecule has 94 valence electrons. The molecular formula is C13H25NO2. The summed E-state index contributed by atoms with van der Waals surface area (Å²) >= 11 is 0. The Morgan fingerprint density at radius 1 is 1.31 bits per heavy atom. The second-order valence-electron chi connectivity index (χ2n) is 6.57. The fourth-order valence-corrected chi connectivity index (χ4v) is 2.74. The van der Waals surface area contributed by atoms with Crippen LogP contribution in [0, 0.1) is 5.41 Å². The van der Waals surface area contributed by atoms with Crippen molar-refractivity contribution in [2.75, 3.05) is 6.54 Å². The second kappa shape index (κ2) is 3.97. The first-order valence-corrected chi connectivity index (χ1v) is 6.40. The molecule has 3 unspecified atom stereocenters. The molecule has 2 rings (SSSR count). The van der Waals surface area contributed by atoms with Crippen molar-refractivity contribution in [3.8, 4) is 0 Å². The van der Waals surface area contributed by atoms with Crippen LogP contribution in [0.2, 0.25) is 0 Å². The van der Waals surface area contributed by atoms with E-state index in [1.807, 2.05) is 0 Å². The third-order valence-corrected chi connectivity index (χ3v) is 4.36. The van der Waals surface area contributed by atoms with Crippen molar-refractivity contribution in [3.05, 3.63) is 0 Å². The molecule has 1 heterocycles. The average molecular weight is 227 g/mol. The monoisotopic (exact) mass is 227 g/mol. The predicted octanol–water partition coefficient (Wildman–Crippen LogP) is 1.69. The number of aliphatic hydroxyl groups excluding tert-OH is 1. The van der Waals surface area contributed by atoms with Crippen LogP contribution in [0.1, 0.15) is 47.0 Å². The molecule has 1 aliphatic heterocycles. The Morgan fingerprint density at radius 3 is 2.44 bits per heavy atom. The molecule has 1 saturated heterocycles. The van der Waals surface area contributed by atoms with Crippen LogP contribution in [-0.2, 0) is 4.74 Å². The summed E-state index contributed by atoms with van der Waals surface area (Å²) in [4.78, 5) is 0. The lowest BCUT2D eigenvalue weighted by Crippen LogP contribution is -2.60. The Labute approximate surface area is 98.6 Å². The van der Waals surface area contributed by atoms with Gasteiger partial charge in [-0.15, -0.1) is 0 Å². The summed E-state index contributed by atoms with van der Waals surface area (Å²) in [7, 11) is 0. The van der Waals surface area contributed by atoms with E-state index in [2.05, 4.69) is 33.0 Å². The fraction of sp³-hybridized carbons (Fsp3) is 1.00. The van der Waals surface area contributed by atoms with Crippen molar-refractivity contribution >= 4 is 0 Å². The third kappa shape index (κ3) is 2.27. The van der Waals surface area contributed by atoms with Gasteiger partial charge in [0.05, 0.1) is 17.8 Å². The quantitative estimate of drug-likeness (QED) is 0.771. The molecule has 0 amide bonds. The Balaban J connectivity index is 1.74. The van der Waals surface area contributed by atoms with Crippen molar-refractivity contribution in [1.29, 1.82) is 0 Å². The molecule has 16 heavy (non-hydrogen) atoms. The van der Waals surface area contributed by atoms with Crippen molar-refractivity contribution < 1.29 is 9.84 Å². The molecular weight excluding hydrogens is 202 g/mol. The molecule has 0 radical (unpaired) electrons. The van der Waals surface area contributed by atoms with E-state index in [1.54, 1.807) is 0 Å². The van der Waals surface area contributed by atoms with Crippen LogP contribution in [0.3, 0.4) is 0 Å². The molecule has 3 nitrogen and oxygen atoms in total. The molecule has 3 heteroatoms. The Hall–Kier alpha value is -0.120. The van der Waals surface area contributed by atoms with Gasteiger partial charge < -0.3 is 15.2 Å². The number of ether oxygens (including phenoxy) is 1. The van der Waals surface area contributed by atoms with Gasteiger partial charge in [0.1, 0.15) is 0 Å². The standard InChI is InChI=1S/C13H25NO2/c1-12(2)6-5-9(16-12)8-14-10-7-11(15)13(10,3)4/h9-11,14-15H,5-8H2,1-4H3. The molecule has 3 atom stereocenters. The zero-order valence-corrected chi connectivity index (χ0v) is 10.9. The minimum atomic E-state index is -0.147. The summed E-state index contributed by atoms with van der Waals surface area (Å²) in [5.74, 6) is 0. The highest BCUT2D eigenvalue weighted by Crippen LogP contribution is 2.40. The number of rotatable bonds is 3. The molecule has 1 aliphatic carbocycles. The Bertz CT molecular complexity index is 263. The minimum Gasteiger partial charge on any atom is -0.392 e. The molecule has 2 fully saturated rings. The van der Waals surface area contributed by atoms with E-state index in [4.69, 9.17) is 4.74 Å². The van der Waals surface area contributed by atoms with Gasteiger partial charge in [0, 0.05) is 18.0 Å². The summed E-state index contributed by atoms with van der Waals surface area (Å²) in [5, 5.41) is 13.2. The number of aliphatic hydroxyl groups is 1. The lowest BCUT2D eigenvalue weighted by atomic mass is 9.64. The zero-order valence-electron chi connectivity index (χ0n) is 10.9. The molecule has 2 N–H and O–H groups in total. The predicted molar refractivity (Wildman–Crippen MR) is 64.4 cm³/mol. The SMILES string of the molecule is CC1(C)CCC(CNC2CC(O)C2(C)C)O1. The van der Waals surface area contributed by atoms with Gasteiger partial charge in [-0.05, 0) is 33.1 Å². The van der Waals surface area contributed by atoms with Gasteiger partial charge in [-0.3, -0.25) is 0 Å². The Kier molecular flexibility index (Phi) is 3.06. The van der Waals surface area contributed by atoms with Crippen LogP contribution < -0.4 is 5.32 Å². The topological polar surface area (TPSA) is 41.5 Å². The maximum atomic E-state index is 9.65. The van der Waals surface area contributed by atoms with E-state index in [-0.39, 0.29) is 17.1 Å². The third-order valence-electron chi connectivity index (χ3n) is 4.36. The van der Waals surface area contributed by atoms with Gasteiger partial charge >= 0.3 is 0 Å². The second-order valence-corrected chi connectivity index (χ2v) is 6.57. The highest BCUT2D eigenvalue weighted by molar-refractivity contribution is 5.02. The summed E-state index contributed by atoms with van der Waals surface area (Å²) in [6, 6.07) is 0.440. The van der Waals surface area contributed by atoms with E-state index >= 15 is 0 Å². The molecule has 0 aromatic heterocycles. The van der Waals surface area contributed by atoms with Crippen LogP contribution in [0.15, 0.2) is 0 Å². The first-order valence-electron chi connectivity index (χ1n) is 6.40. The van der Waals surface area contributed by atoms with Gasteiger partial charge in [-0.2, -0.15) is 0 Å². The number of nitrogens with one attached hydrogen (secondary N) is 1. The van der Waals surface area contributed by atoms with Crippen molar-refractivity contribution in [1.82, 2.24) is 5.32 Å². The van der Waals surface area contributed by atoms with E-state index in [0.717, 1.165) is 25.8 Å². The van der Waals surface area contributed by atoms with E-state index in [0.29, 0.717) is 12.1 Å². The van der Waals surface area contributed by atoms with E-state index < -0.39 is 0 Å². The largest absolute Gasteiger partial charge is 0.392 e. The molecule has 1 saturated carbocycles. The van der Waals surface area contributed by atoms with Crippen molar-refractivity contribution in [3.63, 3.8) is 0 Å². The van der Waals surface area contributed by atoms with Crippen LogP contribution in [-0.4, -0.2) is 35.5 Å². The van der Waals surface area contributed by atoms with Gasteiger partial charge in [0.25, 0.3) is 0 Å².